The van der Waals surface area contributed by atoms with E-state index in [4.69, 9.17) is 9.47 Å². The Labute approximate surface area is 217 Å². The lowest BCUT2D eigenvalue weighted by Gasteiger charge is -2.13. The van der Waals surface area contributed by atoms with Gasteiger partial charge in [0.2, 0.25) is 0 Å². The molecule has 4 aromatic carbocycles. The van der Waals surface area contributed by atoms with Gasteiger partial charge in [0.1, 0.15) is 0 Å². The molecule has 0 bridgehead atoms. The zero-order valence-corrected chi connectivity index (χ0v) is 21.3. The number of carbonyl (C=O) groups is 1. The van der Waals surface area contributed by atoms with Crippen LogP contribution in [-0.4, -0.2) is 22.5 Å². The van der Waals surface area contributed by atoms with E-state index < -0.39 is 5.97 Å². The van der Waals surface area contributed by atoms with Crippen LogP contribution in [0.4, 0.5) is 0 Å². The number of nitrogens with zero attached hydrogens (tertiary/aromatic N) is 2. The molecule has 2 aromatic heterocycles. The summed E-state index contributed by atoms with van der Waals surface area (Å²) in [5.74, 6) is 0.140. The first-order chi connectivity index (χ1) is 17.5. The van der Waals surface area contributed by atoms with Crippen molar-refractivity contribution in [3.8, 4) is 11.5 Å². The van der Waals surface area contributed by atoms with Gasteiger partial charge in [0.25, 0.3) is 5.56 Å². The summed E-state index contributed by atoms with van der Waals surface area (Å²) in [6.45, 7) is 0. The van der Waals surface area contributed by atoms with E-state index in [0.29, 0.717) is 25.3 Å². The SMILES string of the molecule is COc1cc(/C=c2\sc3nc4ccccc4n3c2=O)cc(Br)c1OC(=O)c1cccc2ccccc12. The number of imidazole rings is 1. The van der Waals surface area contributed by atoms with Crippen LogP contribution >= 0.6 is 27.3 Å². The Morgan fingerprint density at radius 2 is 1.81 bits per heavy atom. The third-order valence-corrected chi connectivity index (χ3v) is 7.46. The number of thiazole rings is 1. The average molecular weight is 557 g/mol. The van der Waals surface area contributed by atoms with Crippen LogP contribution in [0.2, 0.25) is 0 Å². The van der Waals surface area contributed by atoms with Crippen molar-refractivity contribution < 1.29 is 14.3 Å². The van der Waals surface area contributed by atoms with Gasteiger partial charge in [0, 0.05) is 0 Å². The third kappa shape index (κ3) is 3.75. The minimum atomic E-state index is -0.490. The first kappa shape index (κ1) is 22.5. The second kappa shape index (κ2) is 8.89. The lowest BCUT2D eigenvalue weighted by molar-refractivity contribution is 0.0730. The van der Waals surface area contributed by atoms with Gasteiger partial charge in [-0.3, -0.25) is 4.79 Å². The van der Waals surface area contributed by atoms with Gasteiger partial charge in [-0.1, -0.05) is 59.9 Å². The molecule has 6 rings (SSSR count). The number of halogens is 1. The molecule has 8 heteroatoms. The number of aromatic nitrogens is 2. The molecule has 0 radical (unpaired) electrons. The van der Waals surface area contributed by atoms with Crippen LogP contribution in [0.3, 0.4) is 0 Å². The van der Waals surface area contributed by atoms with Crippen LogP contribution in [0.15, 0.2) is 88.1 Å². The Kier molecular flexibility index (Phi) is 5.55. The highest BCUT2D eigenvalue weighted by atomic mass is 79.9. The Morgan fingerprint density at radius 3 is 2.67 bits per heavy atom. The summed E-state index contributed by atoms with van der Waals surface area (Å²) in [7, 11) is 1.51. The molecular weight excluding hydrogens is 540 g/mol. The molecule has 176 valence electrons. The van der Waals surface area contributed by atoms with Crippen molar-refractivity contribution in [1.29, 1.82) is 0 Å². The molecule has 0 atom stereocenters. The Morgan fingerprint density at radius 1 is 1.03 bits per heavy atom. The topological polar surface area (TPSA) is 69.9 Å². The highest BCUT2D eigenvalue weighted by Gasteiger charge is 2.19. The Balaban J connectivity index is 1.39. The number of para-hydroxylation sites is 2. The summed E-state index contributed by atoms with van der Waals surface area (Å²) in [5.41, 5.74) is 2.61. The number of ether oxygens (including phenoxy) is 2. The number of hydrogen-bond donors (Lipinski definition) is 0. The van der Waals surface area contributed by atoms with E-state index in [2.05, 4.69) is 20.9 Å². The molecule has 2 heterocycles. The number of rotatable bonds is 4. The van der Waals surface area contributed by atoms with Crippen molar-refractivity contribution in [2.24, 2.45) is 0 Å². The van der Waals surface area contributed by atoms with Crippen molar-refractivity contribution in [3.63, 3.8) is 0 Å². The van der Waals surface area contributed by atoms with Gasteiger partial charge in [0.05, 0.1) is 32.7 Å². The first-order valence-electron chi connectivity index (χ1n) is 11.0. The summed E-state index contributed by atoms with van der Waals surface area (Å²) in [5, 5.41) is 1.76. The van der Waals surface area contributed by atoms with Crippen LogP contribution in [0.1, 0.15) is 15.9 Å². The van der Waals surface area contributed by atoms with Gasteiger partial charge in [0.15, 0.2) is 16.5 Å². The highest BCUT2D eigenvalue weighted by Crippen LogP contribution is 2.38. The van der Waals surface area contributed by atoms with Crippen LogP contribution in [-0.2, 0) is 0 Å². The molecule has 6 aromatic rings. The number of fused-ring (bicyclic) bond motifs is 4. The summed E-state index contributed by atoms with van der Waals surface area (Å²) in [6, 6.07) is 24.2. The number of carbonyl (C=O) groups excluding carboxylic acids is 1. The largest absolute Gasteiger partial charge is 0.493 e. The predicted molar refractivity (Wildman–Crippen MR) is 145 cm³/mol. The smallest absolute Gasteiger partial charge is 0.344 e. The molecule has 0 saturated heterocycles. The number of hydrogen-bond acceptors (Lipinski definition) is 6. The summed E-state index contributed by atoms with van der Waals surface area (Å²) in [6.07, 6.45) is 1.78. The molecule has 0 aliphatic heterocycles. The van der Waals surface area contributed by atoms with Crippen molar-refractivity contribution >= 4 is 66.1 Å². The molecular formula is C28H17BrN2O4S. The zero-order chi connectivity index (χ0) is 24.8. The first-order valence-corrected chi connectivity index (χ1v) is 12.6. The molecule has 6 nitrogen and oxygen atoms in total. The lowest BCUT2D eigenvalue weighted by Crippen LogP contribution is -2.22. The van der Waals surface area contributed by atoms with Gasteiger partial charge >= 0.3 is 5.97 Å². The van der Waals surface area contributed by atoms with Crippen molar-refractivity contribution in [3.05, 3.63) is 109 Å². The third-order valence-electron chi connectivity index (χ3n) is 5.90. The van der Waals surface area contributed by atoms with E-state index in [1.165, 1.54) is 18.4 Å². The number of benzene rings is 4. The van der Waals surface area contributed by atoms with E-state index in [1.807, 2.05) is 60.7 Å². The van der Waals surface area contributed by atoms with Crippen LogP contribution < -0.4 is 19.6 Å². The zero-order valence-electron chi connectivity index (χ0n) is 18.9. The molecule has 0 aliphatic rings. The molecule has 0 saturated carbocycles. The van der Waals surface area contributed by atoms with Crippen LogP contribution in [0, 0.1) is 0 Å². The lowest BCUT2D eigenvalue weighted by atomic mass is 10.0. The molecule has 0 N–H and O–H groups in total. The van der Waals surface area contributed by atoms with Crippen molar-refractivity contribution in [2.45, 2.75) is 0 Å². The molecule has 0 fully saturated rings. The van der Waals surface area contributed by atoms with E-state index in [-0.39, 0.29) is 11.3 Å². The summed E-state index contributed by atoms with van der Waals surface area (Å²) in [4.78, 5) is 31.4. The second-order valence-corrected chi connectivity index (χ2v) is 9.95. The minimum Gasteiger partial charge on any atom is -0.493 e. The summed E-state index contributed by atoms with van der Waals surface area (Å²) >= 11 is 4.83. The Hall–Kier alpha value is -4.01. The van der Waals surface area contributed by atoms with Gasteiger partial charge in [-0.25, -0.2) is 14.2 Å². The molecule has 0 spiro atoms. The maximum Gasteiger partial charge on any atom is 0.344 e. The van der Waals surface area contributed by atoms with E-state index in [9.17, 15) is 9.59 Å². The fourth-order valence-electron chi connectivity index (χ4n) is 4.24. The van der Waals surface area contributed by atoms with Crippen molar-refractivity contribution in [1.82, 2.24) is 9.38 Å². The minimum absolute atomic E-state index is 0.134. The monoisotopic (exact) mass is 556 g/mol. The normalized spacial score (nSPS) is 12.0. The standard InChI is InChI=1S/C28H17BrN2O4S/c1-34-23-14-16(15-24-26(32)31-22-12-5-4-11-21(22)30-28(31)36-24)13-20(29)25(23)35-27(33)19-10-6-8-17-7-2-3-9-18(17)19/h2-15H,1H3/b24-15-. The quantitative estimate of drug-likeness (QED) is 0.209. The fraction of sp³-hybridized carbons (Fsp3) is 0.0357. The molecule has 0 unspecified atom stereocenters. The van der Waals surface area contributed by atoms with Gasteiger partial charge in [-0.15, -0.1) is 0 Å². The van der Waals surface area contributed by atoms with E-state index in [1.54, 1.807) is 28.7 Å². The fourth-order valence-corrected chi connectivity index (χ4v) is 5.76. The maximum atomic E-state index is 13.1. The van der Waals surface area contributed by atoms with E-state index in [0.717, 1.165) is 27.4 Å². The van der Waals surface area contributed by atoms with E-state index >= 15 is 0 Å². The van der Waals surface area contributed by atoms with Crippen LogP contribution in [0.25, 0.3) is 32.8 Å². The maximum absolute atomic E-state index is 13.1. The van der Waals surface area contributed by atoms with Gasteiger partial charge in [-0.05, 0) is 68.7 Å². The molecule has 0 aliphatic carbocycles. The van der Waals surface area contributed by atoms with Gasteiger partial charge < -0.3 is 9.47 Å². The number of methoxy groups -OCH3 is 1. The summed E-state index contributed by atoms with van der Waals surface area (Å²) < 4.78 is 14.0. The Bertz CT molecular complexity index is 1920. The predicted octanol–water partition coefficient (Wildman–Crippen LogP) is 5.60. The van der Waals surface area contributed by atoms with Crippen molar-refractivity contribution in [2.75, 3.05) is 7.11 Å². The number of esters is 1. The second-order valence-electron chi connectivity index (χ2n) is 8.08. The average Bonchev–Trinajstić information content (AvgIpc) is 3.40. The molecule has 0 amide bonds. The van der Waals surface area contributed by atoms with Gasteiger partial charge in [-0.2, -0.15) is 0 Å². The highest BCUT2D eigenvalue weighted by molar-refractivity contribution is 9.10. The molecule has 36 heavy (non-hydrogen) atoms. The van der Waals surface area contributed by atoms with Crippen LogP contribution in [0.5, 0.6) is 11.5 Å².